The average molecular weight is 359 g/mol. The van der Waals surface area contributed by atoms with Gasteiger partial charge in [-0.05, 0) is 26.7 Å². The van der Waals surface area contributed by atoms with Crippen LogP contribution in [0.4, 0.5) is 5.95 Å². The Hall–Kier alpha value is -2.71. The first-order valence-corrected chi connectivity index (χ1v) is 8.94. The fraction of sp³-hybridized carbons (Fsp3) is 0.588. The van der Waals surface area contributed by atoms with E-state index in [-0.39, 0.29) is 30.2 Å². The second-order valence-corrected chi connectivity index (χ2v) is 6.72. The topological polar surface area (TPSA) is 119 Å². The van der Waals surface area contributed by atoms with E-state index in [0.29, 0.717) is 25.3 Å². The number of anilines is 1. The lowest BCUT2D eigenvalue weighted by molar-refractivity contribution is -0.133. The minimum absolute atomic E-state index is 0.0226. The SMILES string of the molecule is CCC(=O)NC1CCCN(C(=O)Cc2c(C)nc3nc(N)nn3c2C)C1. The lowest BCUT2D eigenvalue weighted by Crippen LogP contribution is -2.50. The minimum Gasteiger partial charge on any atom is -0.366 e. The number of nitrogen functional groups attached to an aromatic ring is 1. The number of hydrogen-bond acceptors (Lipinski definition) is 6. The van der Waals surface area contributed by atoms with Crippen molar-refractivity contribution >= 4 is 23.5 Å². The van der Waals surface area contributed by atoms with Crippen LogP contribution in [0.2, 0.25) is 0 Å². The fourth-order valence-corrected chi connectivity index (χ4v) is 3.39. The molecule has 1 unspecified atom stereocenters. The van der Waals surface area contributed by atoms with E-state index in [1.165, 1.54) is 0 Å². The summed E-state index contributed by atoms with van der Waals surface area (Å²) in [5.74, 6) is 0.651. The summed E-state index contributed by atoms with van der Waals surface area (Å²) in [6.45, 7) is 6.84. The number of fused-ring (bicyclic) bond motifs is 1. The smallest absolute Gasteiger partial charge is 0.254 e. The first-order chi connectivity index (χ1) is 12.4. The molecular weight excluding hydrogens is 334 g/mol. The van der Waals surface area contributed by atoms with Gasteiger partial charge in [-0.2, -0.15) is 9.50 Å². The van der Waals surface area contributed by atoms with E-state index >= 15 is 0 Å². The zero-order valence-electron chi connectivity index (χ0n) is 15.4. The second kappa shape index (κ2) is 7.27. The zero-order valence-corrected chi connectivity index (χ0v) is 15.4. The largest absolute Gasteiger partial charge is 0.366 e. The number of rotatable bonds is 4. The number of nitrogens with zero attached hydrogens (tertiary/aromatic N) is 5. The maximum absolute atomic E-state index is 12.8. The van der Waals surface area contributed by atoms with Gasteiger partial charge in [0.1, 0.15) is 0 Å². The summed E-state index contributed by atoms with van der Waals surface area (Å²) >= 11 is 0. The molecule has 2 amide bonds. The van der Waals surface area contributed by atoms with Crippen molar-refractivity contribution in [1.29, 1.82) is 0 Å². The number of carbonyl (C=O) groups is 2. The van der Waals surface area contributed by atoms with E-state index in [4.69, 9.17) is 5.73 Å². The minimum atomic E-state index is 0.0226. The van der Waals surface area contributed by atoms with Gasteiger partial charge < -0.3 is 16.0 Å². The summed E-state index contributed by atoms with van der Waals surface area (Å²) in [4.78, 5) is 34.7. The highest BCUT2D eigenvalue weighted by atomic mass is 16.2. The molecule has 3 heterocycles. The molecule has 0 aromatic carbocycles. The van der Waals surface area contributed by atoms with Gasteiger partial charge in [-0.15, -0.1) is 5.10 Å². The lowest BCUT2D eigenvalue weighted by atomic mass is 10.0. The van der Waals surface area contributed by atoms with Crippen LogP contribution < -0.4 is 11.1 Å². The number of nitrogens with one attached hydrogen (secondary N) is 1. The van der Waals surface area contributed by atoms with Crippen LogP contribution in [0.1, 0.15) is 43.1 Å². The molecule has 26 heavy (non-hydrogen) atoms. The van der Waals surface area contributed by atoms with Gasteiger partial charge >= 0.3 is 0 Å². The maximum Gasteiger partial charge on any atom is 0.254 e. The Labute approximate surface area is 152 Å². The molecule has 9 heteroatoms. The van der Waals surface area contributed by atoms with E-state index in [1.807, 2.05) is 25.7 Å². The Morgan fingerprint density at radius 2 is 2.08 bits per heavy atom. The van der Waals surface area contributed by atoms with E-state index < -0.39 is 0 Å². The summed E-state index contributed by atoms with van der Waals surface area (Å²) in [5.41, 5.74) is 8.06. The molecule has 1 aliphatic heterocycles. The molecule has 2 aromatic heterocycles. The molecule has 3 rings (SSSR count). The third kappa shape index (κ3) is 3.61. The summed E-state index contributed by atoms with van der Waals surface area (Å²) in [6.07, 6.45) is 2.49. The van der Waals surface area contributed by atoms with Crippen LogP contribution in [0, 0.1) is 13.8 Å². The first-order valence-electron chi connectivity index (χ1n) is 8.94. The molecule has 140 valence electrons. The van der Waals surface area contributed by atoms with Crippen LogP contribution in [-0.2, 0) is 16.0 Å². The Balaban J connectivity index is 1.75. The highest BCUT2D eigenvalue weighted by Crippen LogP contribution is 2.18. The predicted molar refractivity (Wildman–Crippen MR) is 96.4 cm³/mol. The predicted octanol–water partition coefficient (Wildman–Crippen LogP) is 0.383. The molecule has 3 N–H and O–H groups in total. The number of piperidine rings is 1. The van der Waals surface area contributed by atoms with Gasteiger partial charge in [-0.1, -0.05) is 6.92 Å². The van der Waals surface area contributed by atoms with Crippen molar-refractivity contribution in [2.24, 2.45) is 0 Å². The van der Waals surface area contributed by atoms with E-state index in [9.17, 15) is 9.59 Å². The first kappa shape index (κ1) is 18.1. The van der Waals surface area contributed by atoms with Gasteiger partial charge in [0.05, 0.1) is 6.42 Å². The van der Waals surface area contributed by atoms with Crippen molar-refractivity contribution in [3.8, 4) is 0 Å². The second-order valence-electron chi connectivity index (χ2n) is 6.72. The molecule has 0 saturated carbocycles. The average Bonchev–Trinajstić information content (AvgIpc) is 2.99. The Morgan fingerprint density at radius 3 is 2.81 bits per heavy atom. The van der Waals surface area contributed by atoms with E-state index in [2.05, 4.69) is 20.4 Å². The lowest BCUT2D eigenvalue weighted by Gasteiger charge is -2.33. The van der Waals surface area contributed by atoms with Crippen LogP contribution >= 0.6 is 0 Å². The molecule has 1 saturated heterocycles. The molecule has 1 atom stereocenters. The number of amides is 2. The molecular formula is C17H25N7O2. The number of likely N-dealkylation sites (tertiary alicyclic amines) is 1. The standard InChI is InChI=1S/C17H25N7O2/c1-4-14(25)20-12-6-5-7-23(9-12)15(26)8-13-10(2)19-17-21-16(18)22-24(17)11(13)3/h12H,4-9H2,1-3H3,(H2,18,22)(H,20,25). The number of nitrogens with two attached hydrogens (primary N) is 1. The van der Waals surface area contributed by atoms with Crippen molar-refractivity contribution in [3.63, 3.8) is 0 Å². The molecule has 0 bridgehead atoms. The molecule has 1 fully saturated rings. The quantitative estimate of drug-likeness (QED) is 0.815. The van der Waals surface area contributed by atoms with Crippen LogP contribution in [0.5, 0.6) is 0 Å². The normalized spacial score (nSPS) is 17.5. The maximum atomic E-state index is 12.8. The summed E-state index contributed by atoms with van der Waals surface area (Å²) in [5, 5.41) is 7.12. The van der Waals surface area contributed by atoms with Crippen molar-refractivity contribution in [1.82, 2.24) is 29.8 Å². The number of hydrogen-bond donors (Lipinski definition) is 2. The molecule has 9 nitrogen and oxygen atoms in total. The van der Waals surface area contributed by atoms with Crippen LogP contribution in [0.3, 0.4) is 0 Å². The van der Waals surface area contributed by atoms with Gasteiger partial charge in [-0.3, -0.25) is 9.59 Å². The van der Waals surface area contributed by atoms with Crippen molar-refractivity contribution in [3.05, 3.63) is 17.0 Å². The Kier molecular flexibility index (Phi) is 5.06. The highest BCUT2D eigenvalue weighted by molar-refractivity contribution is 5.80. The monoisotopic (exact) mass is 359 g/mol. The van der Waals surface area contributed by atoms with Crippen molar-refractivity contribution < 1.29 is 9.59 Å². The number of aryl methyl sites for hydroxylation is 2. The Morgan fingerprint density at radius 1 is 1.31 bits per heavy atom. The third-order valence-corrected chi connectivity index (χ3v) is 4.85. The Bertz CT molecular complexity index is 845. The van der Waals surface area contributed by atoms with Gasteiger partial charge in [0, 0.05) is 42.5 Å². The number of aromatic nitrogens is 4. The van der Waals surface area contributed by atoms with Crippen LogP contribution in [0.15, 0.2) is 0 Å². The van der Waals surface area contributed by atoms with Crippen molar-refractivity contribution in [2.75, 3.05) is 18.8 Å². The van der Waals surface area contributed by atoms with Gasteiger partial charge in [0.15, 0.2) is 0 Å². The number of carbonyl (C=O) groups excluding carboxylic acids is 2. The molecule has 1 aliphatic rings. The molecule has 2 aromatic rings. The summed E-state index contributed by atoms with van der Waals surface area (Å²) < 4.78 is 1.57. The fourth-order valence-electron chi connectivity index (χ4n) is 3.39. The molecule has 0 aliphatic carbocycles. The van der Waals surface area contributed by atoms with Gasteiger partial charge in [0.2, 0.25) is 17.8 Å². The van der Waals surface area contributed by atoms with E-state index in [1.54, 1.807) is 4.52 Å². The zero-order chi connectivity index (χ0) is 18.8. The van der Waals surface area contributed by atoms with Gasteiger partial charge in [-0.25, -0.2) is 4.98 Å². The molecule has 0 spiro atoms. The summed E-state index contributed by atoms with van der Waals surface area (Å²) in [6, 6.07) is 0.0260. The third-order valence-electron chi connectivity index (χ3n) is 4.85. The highest BCUT2D eigenvalue weighted by Gasteiger charge is 2.26. The van der Waals surface area contributed by atoms with Crippen molar-refractivity contribution in [2.45, 2.75) is 52.5 Å². The van der Waals surface area contributed by atoms with Gasteiger partial charge in [0.25, 0.3) is 5.78 Å². The van der Waals surface area contributed by atoms with Crippen LogP contribution in [0.25, 0.3) is 5.78 Å². The summed E-state index contributed by atoms with van der Waals surface area (Å²) in [7, 11) is 0. The molecule has 0 radical (unpaired) electrons. The van der Waals surface area contributed by atoms with Crippen LogP contribution in [-0.4, -0.2) is 55.4 Å². The van der Waals surface area contributed by atoms with E-state index in [0.717, 1.165) is 29.8 Å².